The molecule has 96 valence electrons. The number of anilines is 1. The van der Waals surface area contributed by atoms with Crippen LogP contribution in [0.4, 0.5) is 5.69 Å². The maximum atomic E-state index is 5.92. The Labute approximate surface area is 108 Å². The minimum absolute atomic E-state index is 0.227. The summed E-state index contributed by atoms with van der Waals surface area (Å²) >= 11 is 0. The topological polar surface area (TPSA) is 28.4 Å². The van der Waals surface area contributed by atoms with Crippen LogP contribution in [0.25, 0.3) is 11.3 Å². The van der Waals surface area contributed by atoms with Gasteiger partial charge in [0, 0.05) is 25.3 Å². The van der Waals surface area contributed by atoms with Crippen LogP contribution in [0.1, 0.15) is 18.7 Å². The molecule has 0 aliphatic carbocycles. The van der Waals surface area contributed by atoms with Gasteiger partial charge in [-0.15, -0.1) is 0 Å². The molecule has 0 radical (unpaired) electrons. The van der Waals surface area contributed by atoms with Crippen LogP contribution in [0.2, 0.25) is 0 Å². The van der Waals surface area contributed by atoms with Gasteiger partial charge in [0.2, 0.25) is 0 Å². The molecular weight excluding hydrogens is 224 g/mol. The standard InChI is InChI=1S/C15H20N2O/c1-11(16-2)14-9-10-15(18-14)12-7-5-6-8-13(12)17(3)4/h5-11,16H,1-4H3. The number of hydrogen-bond donors (Lipinski definition) is 1. The van der Waals surface area contributed by atoms with Crippen LogP contribution in [0.5, 0.6) is 0 Å². The maximum absolute atomic E-state index is 5.92. The zero-order valence-electron chi connectivity index (χ0n) is 11.4. The molecule has 1 aromatic heterocycles. The van der Waals surface area contributed by atoms with Gasteiger partial charge >= 0.3 is 0 Å². The summed E-state index contributed by atoms with van der Waals surface area (Å²) in [6, 6.07) is 12.5. The van der Waals surface area contributed by atoms with Crippen molar-refractivity contribution in [3.05, 3.63) is 42.2 Å². The molecule has 0 aliphatic rings. The second kappa shape index (κ2) is 5.27. The minimum Gasteiger partial charge on any atom is -0.459 e. The fraction of sp³-hybridized carbons (Fsp3) is 0.333. The summed E-state index contributed by atoms with van der Waals surface area (Å²) in [4.78, 5) is 2.10. The Morgan fingerprint density at radius 1 is 1.11 bits per heavy atom. The van der Waals surface area contributed by atoms with E-state index in [9.17, 15) is 0 Å². The van der Waals surface area contributed by atoms with Crippen molar-refractivity contribution in [2.75, 3.05) is 26.0 Å². The summed E-state index contributed by atoms with van der Waals surface area (Å²) in [5.41, 5.74) is 2.28. The van der Waals surface area contributed by atoms with Crippen molar-refractivity contribution >= 4 is 5.69 Å². The van der Waals surface area contributed by atoms with E-state index in [4.69, 9.17) is 4.42 Å². The summed E-state index contributed by atoms with van der Waals surface area (Å²) < 4.78 is 5.92. The van der Waals surface area contributed by atoms with Gasteiger partial charge in [-0.25, -0.2) is 0 Å². The van der Waals surface area contributed by atoms with Crippen molar-refractivity contribution in [3.8, 4) is 11.3 Å². The number of nitrogens with zero attached hydrogens (tertiary/aromatic N) is 1. The Morgan fingerprint density at radius 3 is 2.50 bits per heavy atom. The lowest BCUT2D eigenvalue weighted by Gasteiger charge is -2.16. The van der Waals surface area contributed by atoms with E-state index in [2.05, 4.69) is 29.3 Å². The Morgan fingerprint density at radius 2 is 1.83 bits per heavy atom. The summed E-state index contributed by atoms with van der Waals surface area (Å²) in [6.07, 6.45) is 0. The number of furan rings is 1. The third-order valence-electron chi connectivity index (χ3n) is 3.14. The highest BCUT2D eigenvalue weighted by Gasteiger charge is 2.12. The molecule has 3 nitrogen and oxygen atoms in total. The molecule has 0 fully saturated rings. The molecule has 0 aliphatic heterocycles. The molecule has 1 heterocycles. The van der Waals surface area contributed by atoms with E-state index in [1.54, 1.807) is 0 Å². The number of rotatable bonds is 4. The molecule has 0 amide bonds. The monoisotopic (exact) mass is 244 g/mol. The Hall–Kier alpha value is -1.74. The molecule has 3 heteroatoms. The predicted octanol–water partition coefficient (Wildman–Crippen LogP) is 3.29. The second-order valence-electron chi connectivity index (χ2n) is 4.62. The molecule has 18 heavy (non-hydrogen) atoms. The lowest BCUT2D eigenvalue weighted by Crippen LogP contribution is -2.11. The first kappa shape index (κ1) is 12.7. The molecule has 1 N–H and O–H groups in total. The van der Waals surface area contributed by atoms with Crippen molar-refractivity contribution < 1.29 is 4.42 Å². The van der Waals surface area contributed by atoms with Crippen LogP contribution in [-0.4, -0.2) is 21.1 Å². The van der Waals surface area contributed by atoms with Crippen LogP contribution < -0.4 is 10.2 Å². The van der Waals surface area contributed by atoms with Crippen LogP contribution in [-0.2, 0) is 0 Å². The van der Waals surface area contributed by atoms with Crippen molar-refractivity contribution in [1.82, 2.24) is 5.32 Å². The number of nitrogens with one attached hydrogen (secondary N) is 1. The van der Waals surface area contributed by atoms with Gasteiger partial charge in [0.15, 0.2) is 0 Å². The van der Waals surface area contributed by atoms with E-state index in [-0.39, 0.29) is 6.04 Å². The third kappa shape index (κ3) is 2.41. The van der Waals surface area contributed by atoms with Crippen molar-refractivity contribution in [2.24, 2.45) is 0 Å². The average Bonchev–Trinajstić information content (AvgIpc) is 2.87. The first-order valence-electron chi connectivity index (χ1n) is 6.17. The van der Waals surface area contributed by atoms with Crippen LogP contribution in [0, 0.1) is 0 Å². The van der Waals surface area contributed by atoms with E-state index in [1.807, 2.05) is 45.4 Å². The highest BCUT2D eigenvalue weighted by atomic mass is 16.3. The smallest absolute Gasteiger partial charge is 0.136 e. The Kier molecular flexibility index (Phi) is 3.72. The van der Waals surface area contributed by atoms with E-state index in [1.165, 1.54) is 0 Å². The molecule has 1 atom stereocenters. The van der Waals surface area contributed by atoms with Gasteiger partial charge in [-0.1, -0.05) is 12.1 Å². The van der Waals surface area contributed by atoms with Gasteiger partial charge in [-0.2, -0.15) is 0 Å². The lowest BCUT2D eigenvalue weighted by molar-refractivity contribution is 0.458. The van der Waals surface area contributed by atoms with E-state index >= 15 is 0 Å². The van der Waals surface area contributed by atoms with Gasteiger partial charge < -0.3 is 14.6 Å². The zero-order chi connectivity index (χ0) is 13.1. The minimum atomic E-state index is 0.227. The maximum Gasteiger partial charge on any atom is 0.136 e. The Bertz CT molecular complexity index is 517. The molecule has 2 aromatic rings. The van der Waals surface area contributed by atoms with E-state index < -0.39 is 0 Å². The van der Waals surface area contributed by atoms with Crippen LogP contribution in [0.15, 0.2) is 40.8 Å². The van der Waals surface area contributed by atoms with Crippen LogP contribution in [0.3, 0.4) is 0 Å². The molecule has 0 saturated heterocycles. The van der Waals surface area contributed by atoms with Gasteiger partial charge in [0.25, 0.3) is 0 Å². The zero-order valence-corrected chi connectivity index (χ0v) is 11.4. The fourth-order valence-corrected chi connectivity index (χ4v) is 1.94. The van der Waals surface area contributed by atoms with Gasteiger partial charge in [-0.05, 0) is 38.2 Å². The van der Waals surface area contributed by atoms with E-state index in [0.717, 1.165) is 22.8 Å². The van der Waals surface area contributed by atoms with Gasteiger partial charge in [0.05, 0.1) is 6.04 Å². The highest BCUT2D eigenvalue weighted by molar-refractivity contribution is 5.75. The first-order valence-corrected chi connectivity index (χ1v) is 6.17. The third-order valence-corrected chi connectivity index (χ3v) is 3.14. The number of para-hydroxylation sites is 1. The number of hydrogen-bond acceptors (Lipinski definition) is 3. The summed E-state index contributed by atoms with van der Waals surface area (Å²) in [7, 11) is 6.01. The summed E-state index contributed by atoms with van der Waals surface area (Å²) in [5.74, 6) is 1.87. The predicted molar refractivity (Wildman–Crippen MR) is 75.9 cm³/mol. The fourth-order valence-electron chi connectivity index (χ4n) is 1.94. The largest absolute Gasteiger partial charge is 0.459 e. The van der Waals surface area contributed by atoms with Crippen LogP contribution >= 0.6 is 0 Å². The molecule has 1 unspecified atom stereocenters. The van der Waals surface area contributed by atoms with Gasteiger partial charge in [-0.3, -0.25) is 0 Å². The van der Waals surface area contributed by atoms with Crippen molar-refractivity contribution in [2.45, 2.75) is 13.0 Å². The van der Waals surface area contributed by atoms with Crippen molar-refractivity contribution in [1.29, 1.82) is 0 Å². The second-order valence-corrected chi connectivity index (χ2v) is 4.62. The Balaban J connectivity index is 2.40. The highest BCUT2D eigenvalue weighted by Crippen LogP contribution is 2.32. The first-order chi connectivity index (χ1) is 8.63. The molecular formula is C15H20N2O. The van der Waals surface area contributed by atoms with E-state index in [0.29, 0.717) is 0 Å². The molecule has 1 aromatic carbocycles. The van der Waals surface area contributed by atoms with Crippen molar-refractivity contribution in [3.63, 3.8) is 0 Å². The SMILES string of the molecule is CNC(C)c1ccc(-c2ccccc2N(C)C)o1. The normalized spacial score (nSPS) is 12.4. The average molecular weight is 244 g/mol. The molecule has 0 bridgehead atoms. The quantitative estimate of drug-likeness (QED) is 0.894. The molecule has 0 spiro atoms. The number of benzene rings is 1. The molecule has 0 saturated carbocycles. The summed E-state index contributed by atoms with van der Waals surface area (Å²) in [6.45, 7) is 2.08. The lowest BCUT2D eigenvalue weighted by atomic mass is 10.1. The molecule has 2 rings (SSSR count). The summed E-state index contributed by atoms with van der Waals surface area (Å²) in [5, 5.41) is 3.18. The van der Waals surface area contributed by atoms with Gasteiger partial charge in [0.1, 0.15) is 11.5 Å².